The van der Waals surface area contributed by atoms with Crippen LogP contribution < -0.4 is 14.8 Å². The van der Waals surface area contributed by atoms with Gasteiger partial charge in [-0.3, -0.25) is 10.2 Å². The minimum atomic E-state index is -0.143. The molecular weight excluding hydrogens is 324 g/mol. The topological polar surface area (TPSA) is 80.1 Å². The molecule has 2 amide bonds. The molecule has 4 rings (SSSR count). The summed E-state index contributed by atoms with van der Waals surface area (Å²) in [4.78, 5) is 16.4. The number of anilines is 1. The lowest BCUT2D eigenvalue weighted by atomic mass is 10.1. The number of fused-ring (bicyclic) bond motifs is 1. The van der Waals surface area contributed by atoms with Crippen molar-refractivity contribution >= 4 is 11.8 Å². The summed E-state index contributed by atoms with van der Waals surface area (Å²) in [7, 11) is 0. The number of ether oxygens (including phenoxy) is 2. The number of benzene rings is 1. The average Bonchev–Trinajstić information content (AvgIpc) is 3.24. The van der Waals surface area contributed by atoms with Gasteiger partial charge in [0.25, 0.3) is 0 Å². The SMILES string of the molecule is Cc1cc(NC(=O)N2CCN(Cc3ccc4c(c3)OCO4)CC2)no1. The van der Waals surface area contributed by atoms with Crippen molar-refractivity contribution < 1.29 is 18.8 Å². The van der Waals surface area contributed by atoms with Gasteiger partial charge in [0.2, 0.25) is 6.79 Å². The van der Waals surface area contributed by atoms with Crippen LogP contribution in [0.15, 0.2) is 28.8 Å². The Morgan fingerprint density at radius 3 is 2.72 bits per heavy atom. The summed E-state index contributed by atoms with van der Waals surface area (Å²) < 4.78 is 15.7. The third-order valence-corrected chi connectivity index (χ3v) is 4.37. The smallest absolute Gasteiger partial charge is 0.323 e. The molecule has 25 heavy (non-hydrogen) atoms. The molecule has 8 heteroatoms. The van der Waals surface area contributed by atoms with Crippen LogP contribution in [0, 0.1) is 6.92 Å². The number of amides is 2. The molecule has 2 aromatic rings. The fourth-order valence-electron chi connectivity index (χ4n) is 3.02. The van der Waals surface area contributed by atoms with Gasteiger partial charge in [-0.15, -0.1) is 0 Å². The Balaban J connectivity index is 1.28. The maximum absolute atomic E-state index is 12.3. The van der Waals surface area contributed by atoms with Crippen molar-refractivity contribution in [2.45, 2.75) is 13.5 Å². The third kappa shape index (κ3) is 3.53. The molecule has 1 aromatic heterocycles. The van der Waals surface area contributed by atoms with E-state index in [4.69, 9.17) is 14.0 Å². The molecule has 0 spiro atoms. The molecule has 0 saturated carbocycles. The van der Waals surface area contributed by atoms with E-state index in [-0.39, 0.29) is 12.8 Å². The minimum Gasteiger partial charge on any atom is -0.454 e. The summed E-state index contributed by atoms with van der Waals surface area (Å²) in [5, 5.41) is 6.54. The van der Waals surface area contributed by atoms with Gasteiger partial charge in [-0.2, -0.15) is 0 Å². The molecule has 1 N–H and O–H groups in total. The first-order valence-electron chi connectivity index (χ1n) is 8.27. The number of aryl methyl sites for hydroxylation is 1. The van der Waals surface area contributed by atoms with Crippen LogP contribution in [0.4, 0.5) is 10.6 Å². The minimum absolute atomic E-state index is 0.143. The van der Waals surface area contributed by atoms with Crippen LogP contribution in [0.1, 0.15) is 11.3 Å². The van der Waals surface area contributed by atoms with Crippen molar-refractivity contribution in [1.82, 2.24) is 15.0 Å². The predicted octanol–water partition coefficient (Wildman–Crippen LogP) is 2.06. The molecule has 0 radical (unpaired) electrons. The monoisotopic (exact) mass is 344 g/mol. The van der Waals surface area contributed by atoms with Crippen LogP contribution in [0.5, 0.6) is 11.5 Å². The van der Waals surface area contributed by atoms with E-state index in [0.717, 1.165) is 31.1 Å². The van der Waals surface area contributed by atoms with Crippen molar-refractivity contribution in [3.63, 3.8) is 0 Å². The van der Waals surface area contributed by atoms with E-state index < -0.39 is 0 Å². The van der Waals surface area contributed by atoms with Crippen molar-refractivity contribution in [2.24, 2.45) is 0 Å². The summed E-state index contributed by atoms with van der Waals surface area (Å²) in [6.07, 6.45) is 0. The molecule has 3 heterocycles. The Labute approximate surface area is 145 Å². The van der Waals surface area contributed by atoms with Crippen molar-refractivity contribution in [3.05, 3.63) is 35.6 Å². The largest absolute Gasteiger partial charge is 0.454 e. The number of rotatable bonds is 3. The Morgan fingerprint density at radius 1 is 1.16 bits per heavy atom. The van der Waals surface area contributed by atoms with E-state index in [9.17, 15) is 4.79 Å². The van der Waals surface area contributed by atoms with Gasteiger partial charge in [0, 0.05) is 38.8 Å². The Bertz CT molecular complexity index is 768. The van der Waals surface area contributed by atoms with Crippen LogP contribution in [-0.2, 0) is 6.54 Å². The van der Waals surface area contributed by atoms with E-state index in [1.54, 1.807) is 17.9 Å². The lowest BCUT2D eigenvalue weighted by molar-refractivity contribution is 0.143. The first-order chi connectivity index (χ1) is 12.2. The number of carbonyl (C=O) groups excluding carboxylic acids is 1. The lowest BCUT2D eigenvalue weighted by Crippen LogP contribution is -2.49. The fraction of sp³-hybridized carbons (Fsp3) is 0.412. The van der Waals surface area contributed by atoms with Gasteiger partial charge in [0.05, 0.1) is 0 Å². The standard InChI is InChI=1S/C17H20N4O4/c1-12-8-16(19-25-12)18-17(22)21-6-4-20(5-7-21)10-13-2-3-14-15(9-13)24-11-23-14/h2-3,8-9H,4-7,10-11H2,1H3,(H,18,19,22). The van der Waals surface area contributed by atoms with E-state index in [0.29, 0.717) is 24.7 Å². The Morgan fingerprint density at radius 2 is 1.96 bits per heavy atom. The lowest BCUT2D eigenvalue weighted by Gasteiger charge is -2.34. The first kappa shape index (κ1) is 15.8. The second kappa shape index (κ2) is 6.64. The van der Waals surface area contributed by atoms with Gasteiger partial charge in [0.1, 0.15) is 5.76 Å². The number of nitrogens with one attached hydrogen (secondary N) is 1. The molecule has 132 valence electrons. The zero-order valence-corrected chi connectivity index (χ0v) is 14.0. The molecule has 2 aliphatic heterocycles. The van der Waals surface area contributed by atoms with Gasteiger partial charge in [-0.25, -0.2) is 4.79 Å². The molecule has 1 fully saturated rings. The van der Waals surface area contributed by atoms with Gasteiger partial charge >= 0.3 is 6.03 Å². The summed E-state index contributed by atoms with van der Waals surface area (Å²) in [6.45, 7) is 5.89. The average molecular weight is 344 g/mol. The second-order valence-corrected chi connectivity index (χ2v) is 6.20. The molecule has 0 unspecified atom stereocenters. The molecule has 1 aromatic carbocycles. The van der Waals surface area contributed by atoms with Crippen LogP contribution in [0.3, 0.4) is 0 Å². The number of hydrogen-bond acceptors (Lipinski definition) is 6. The first-order valence-corrected chi connectivity index (χ1v) is 8.27. The van der Waals surface area contributed by atoms with Gasteiger partial charge in [-0.1, -0.05) is 11.2 Å². The van der Waals surface area contributed by atoms with Crippen LogP contribution >= 0.6 is 0 Å². The second-order valence-electron chi connectivity index (χ2n) is 6.20. The van der Waals surface area contributed by atoms with Crippen molar-refractivity contribution in [3.8, 4) is 11.5 Å². The van der Waals surface area contributed by atoms with Crippen LogP contribution in [0.25, 0.3) is 0 Å². The number of carbonyl (C=O) groups is 1. The third-order valence-electron chi connectivity index (χ3n) is 4.37. The van der Waals surface area contributed by atoms with Gasteiger partial charge in [-0.05, 0) is 24.6 Å². The number of hydrogen-bond donors (Lipinski definition) is 1. The van der Waals surface area contributed by atoms with Crippen molar-refractivity contribution in [2.75, 3.05) is 38.3 Å². The maximum Gasteiger partial charge on any atom is 0.323 e. The molecule has 0 bridgehead atoms. The zero-order chi connectivity index (χ0) is 17.2. The molecule has 0 atom stereocenters. The van der Waals surface area contributed by atoms with E-state index in [1.807, 2.05) is 12.1 Å². The van der Waals surface area contributed by atoms with Crippen molar-refractivity contribution in [1.29, 1.82) is 0 Å². The normalized spacial score (nSPS) is 16.9. The summed E-state index contributed by atoms with van der Waals surface area (Å²) >= 11 is 0. The number of aromatic nitrogens is 1. The number of urea groups is 1. The summed E-state index contributed by atoms with van der Waals surface area (Å²) in [5.41, 5.74) is 1.18. The van der Waals surface area contributed by atoms with Crippen LogP contribution in [-0.4, -0.2) is 54.0 Å². The highest BCUT2D eigenvalue weighted by molar-refractivity contribution is 5.88. The molecule has 8 nitrogen and oxygen atoms in total. The highest BCUT2D eigenvalue weighted by Crippen LogP contribution is 2.32. The zero-order valence-electron chi connectivity index (χ0n) is 14.0. The van der Waals surface area contributed by atoms with Gasteiger partial charge < -0.3 is 18.9 Å². The number of piperazine rings is 1. The number of nitrogens with zero attached hydrogens (tertiary/aromatic N) is 3. The quantitative estimate of drug-likeness (QED) is 0.918. The van der Waals surface area contributed by atoms with E-state index in [1.165, 1.54) is 5.56 Å². The fourth-order valence-corrected chi connectivity index (χ4v) is 3.02. The highest BCUT2D eigenvalue weighted by Gasteiger charge is 2.22. The Hall–Kier alpha value is -2.74. The molecule has 0 aliphatic carbocycles. The van der Waals surface area contributed by atoms with E-state index in [2.05, 4.69) is 21.4 Å². The predicted molar refractivity (Wildman–Crippen MR) is 89.7 cm³/mol. The van der Waals surface area contributed by atoms with Gasteiger partial charge in [0.15, 0.2) is 17.3 Å². The Kier molecular flexibility index (Phi) is 4.19. The summed E-state index contributed by atoms with van der Waals surface area (Å²) in [6, 6.07) is 7.58. The maximum atomic E-state index is 12.3. The van der Waals surface area contributed by atoms with Crippen LogP contribution in [0.2, 0.25) is 0 Å². The highest BCUT2D eigenvalue weighted by atomic mass is 16.7. The molecular formula is C17H20N4O4. The summed E-state index contributed by atoms with van der Waals surface area (Å²) in [5.74, 6) is 2.72. The molecule has 1 saturated heterocycles. The van der Waals surface area contributed by atoms with E-state index >= 15 is 0 Å². The molecule has 2 aliphatic rings.